The highest BCUT2D eigenvalue weighted by molar-refractivity contribution is 6.08. The minimum atomic E-state index is -0.164. The summed E-state index contributed by atoms with van der Waals surface area (Å²) in [6, 6.07) is 18.0. The molecule has 0 saturated heterocycles. The maximum absolute atomic E-state index is 13.4. The second-order valence-corrected chi connectivity index (χ2v) is 7.31. The molecule has 2 aromatic carbocycles. The number of rotatable bonds is 3. The van der Waals surface area contributed by atoms with E-state index in [0.29, 0.717) is 11.4 Å². The fourth-order valence-corrected chi connectivity index (χ4v) is 3.35. The highest BCUT2D eigenvalue weighted by Crippen LogP contribution is 2.27. The van der Waals surface area contributed by atoms with E-state index >= 15 is 0 Å². The third-order valence-corrected chi connectivity index (χ3v) is 5.16. The molecule has 0 atom stereocenters. The number of nitrogens with one attached hydrogen (secondary N) is 1. The number of aromatic nitrogens is 2. The lowest BCUT2D eigenvalue weighted by atomic mass is 10.1. The lowest BCUT2D eigenvalue weighted by Gasteiger charge is -2.11. The molecule has 28 heavy (non-hydrogen) atoms. The Morgan fingerprint density at radius 3 is 2.36 bits per heavy atom. The average Bonchev–Trinajstić information content (AvgIpc) is 3.04. The molecule has 0 aliphatic heterocycles. The highest BCUT2D eigenvalue weighted by Gasteiger charge is 2.21. The first-order valence-corrected chi connectivity index (χ1v) is 9.37. The zero-order valence-electron chi connectivity index (χ0n) is 16.6. The first-order chi connectivity index (χ1) is 13.4. The van der Waals surface area contributed by atoms with Crippen molar-refractivity contribution in [1.29, 1.82) is 0 Å². The molecule has 0 radical (unpaired) electrons. The van der Waals surface area contributed by atoms with Crippen LogP contribution in [0.4, 0.5) is 5.69 Å². The van der Waals surface area contributed by atoms with Crippen molar-refractivity contribution in [3.63, 3.8) is 0 Å². The quantitative estimate of drug-likeness (QED) is 0.519. The SMILES string of the molecule is Cc1ccc(-c2nc3ccc(C)cn3c2C(=O)Nc2cccc(C)c2C)cc1. The van der Waals surface area contributed by atoms with Gasteiger partial charge in [-0.1, -0.05) is 48.0 Å². The molecule has 0 bridgehead atoms. The summed E-state index contributed by atoms with van der Waals surface area (Å²) in [5, 5.41) is 3.09. The molecule has 0 spiro atoms. The van der Waals surface area contributed by atoms with E-state index in [1.54, 1.807) is 0 Å². The Hall–Kier alpha value is -3.40. The maximum atomic E-state index is 13.4. The molecule has 4 nitrogen and oxygen atoms in total. The number of carbonyl (C=O) groups is 1. The summed E-state index contributed by atoms with van der Waals surface area (Å²) in [5.41, 5.74) is 8.19. The number of nitrogens with zero attached hydrogens (tertiary/aromatic N) is 2. The van der Waals surface area contributed by atoms with Crippen molar-refractivity contribution < 1.29 is 4.79 Å². The second kappa shape index (κ2) is 6.97. The van der Waals surface area contributed by atoms with Gasteiger partial charge in [0.15, 0.2) is 0 Å². The van der Waals surface area contributed by atoms with Gasteiger partial charge in [-0.2, -0.15) is 0 Å². The van der Waals surface area contributed by atoms with Gasteiger partial charge in [0.2, 0.25) is 0 Å². The fraction of sp³-hybridized carbons (Fsp3) is 0.167. The van der Waals surface area contributed by atoms with Crippen molar-refractivity contribution in [2.75, 3.05) is 5.32 Å². The molecule has 0 aliphatic carbocycles. The molecule has 4 aromatic rings. The average molecular weight is 369 g/mol. The van der Waals surface area contributed by atoms with E-state index in [1.807, 2.05) is 92.9 Å². The summed E-state index contributed by atoms with van der Waals surface area (Å²) >= 11 is 0. The molecule has 2 aromatic heterocycles. The van der Waals surface area contributed by atoms with Crippen LogP contribution in [0.15, 0.2) is 60.8 Å². The van der Waals surface area contributed by atoms with Crippen LogP contribution in [0, 0.1) is 27.7 Å². The van der Waals surface area contributed by atoms with Gasteiger partial charge in [-0.25, -0.2) is 4.98 Å². The van der Waals surface area contributed by atoms with Gasteiger partial charge in [-0.05, 0) is 56.5 Å². The van der Waals surface area contributed by atoms with Gasteiger partial charge in [-0.15, -0.1) is 0 Å². The molecular weight excluding hydrogens is 346 g/mol. The van der Waals surface area contributed by atoms with Gasteiger partial charge in [0.1, 0.15) is 17.0 Å². The smallest absolute Gasteiger partial charge is 0.274 e. The standard InChI is InChI=1S/C24H23N3O/c1-15-8-11-19(12-9-15)22-23(27-14-16(2)10-13-21(27)26-22)24(28)25-20-7-5-6-17(3)18(20)4/h5-14H,1-4H3,(H,25,28). The lowest BCUT2D eigenvalue weighted by Crippen LogP contribution is -2.16. The van der Waals surface area contributed by atoms with Gasteiger partial charge in [0.05, 0.1) is 0 Å². The Labute approximate surface area is 164 Å². The molecule has 4 heteroatoms. The molecule has 0 aliphatic rings. The number of pyridine rings is 1. The molecule has 2 heterocycles. The second-order valence-electron chi connectivity index (χ2n) is 7.31. The number of aryl methyl sites for hydroxylation is 3. The van der Waals surface area contributed by atoms with Gasteiger partial charge in [0, 0.05) is 17.4 Å². The third kappa shape index (κ3) is 3.18. The van der Waals surface area contributed by atoms with Crippen molar-refractivity contribution in [1.82, 2.24) is 9.38 Å². The summed E-state index contributed by atoms with van der Waals surface area (Å²) in [5.74, 6) is -0.164. The minimum absolute atomic E-state index is 0.164. The van der Waals surface area contributed by atoms with Crippen molar-refractivity contribution in [3.05, 3.63) is 88.7 Å². The molecule has 0 fully saturated rings. The monoisotopic (exact) mass is 369 g/mol. The fourth-order valence-electron chi connectivity index (χ4n) is 3.35. The van der Waals surface area contributed by atoms with Gasteiger partial charge in [0.25, 0.3) is 5.91 Å². The van der Waals surface area contributed by atoms with Crippen LogP contribution in [0.2, 0.25) is 0 Å². The topological polar surface area (TPSA) is 46.4 Å². The number of hydrogen-bond acceptors (Lipinski definition) is 2. The predicted molar refractivity (Wildman–Crippen MR) is 114 cm³/mol. The van der Waals surface area contributed by atoms with Crippen LogP contribution < -0.4 is 5.32 Å². The Balaban J connectivity index is 1.87. The molecule has 140 valence electrons. The molecule has 1 N–H and O–H groups in total. The predicted octanol–water partition coefficient (Wildman–Crippen LogP) is 5.49. The number of carbonyl (C=O) groups excluding carboxylic acids is 1. The van der Waals surface area contributed by atoms with Gasteiger partial charge < -0.3 is 5.32 Å². The number of imidazole rings is 1. The molecule has 0 unspecified atom stereocenters. The van der Waals surface area contributed by atoms with E-state index in [1.165, 1.54) is 5.56 Å². The third-order valence-electron chi connectivity index (χ3n) is 5.16. The normalized spacial score (nSPS) is 11.0. The number of fused-ring (bicyclic) bond motifs is 1. The van der Waals surface area contributed by atoms with Crippen LogP contribution in [-0.2, 0) is 0 Å². The van der Waals surface area contributed by atoms with Crippen LogP contribution in [0.1, 0.15) is 32.7 Å². The van der Waals surface area contributed by atoms with E-state index in [0.717, 1.165) is 33.6 Å². The molecular formula is C24H23N3O. The van der Waals surface area contributed by atoms with E-state index in [2.05, 4.69) is 5.32 Å². The Kier molecular flexibility index (Phi) is 4.47. The summed E-state index contributed by atoms with van der Waals surface area (Å²) in [6.45, 7) is 8.12. The summed E-state index contributed by atoms with van der Waals surface area (Å²) in [7, 11) is 0. The summed E-state index contributed by atoms with van der Waals surface area (Å²) < 4.78 is 1.88. The first kappa shape index (κ1) is 18.0. The van der Waals surface area contributed by atoms with Crippen LogP contribution in [0.5, 0.6) is 0 Å². The van der Waals surface area contributed by atoms with E-state index in [4.69, 9.17) is 4.98 Å². The van der Waals surface area contributed by atoms with Crippen LogP contribution >= 0.6 is 0 Å². The Bertz CT molecular complexity index is 1190. The number of anilines is 1. The maximum Gasteiger partial charge on any atom is 0.274 e. The van der Waals surface area contributed by atoms with Crippen molar-refractivity contribution in [2.45, 2.75) is 27.7 Å². The number of amides is 1. The molecule has 1 amide bonds. The lowest BCUT2D eigenvalue weighted by molar-refractivity contribution is 0.102. The molecule has 4 rings (SSSR count). The van der Waals surface area contributed by atoms with Crippen molar-refractivity contribution in [2.24, 2.45) is 0 Å². The largest absolute Gasteiger partial charge is 0.320 e. The first-order valence-electron chi connectivity index (χ1n) is 9.37. The summed E-state index contributed by atoms with van der Waals surface area (Å²) in [4.78, 5) is 18.1. The zero-order chi connectivity index (χ0) is 19.8. The van der Waals surface area contributed by atoms with Crippen LogP contribution in [-0.4, -0.2) is 15.3 Å². The molecule has 0 saturated carbocycles. The van der Waals surface area contributed by atoms with E-state index in [9.17, 15) is 4.79 Å². The Morgan fingerprint density at radius 2 is 1.61 bits per heavy atom. The summed E-state index contributed by atoms with van der Waals surface area (Å²) in [6.07, 6.45) is 1.96. The number of hydrogen-bond donors (Lipinski definition) is 1. The van der Waals surface area contributed by atoms with Crippen LogP contribution in [0.25, 0.3) is 16.9 Å². The van der Waals surface area contributed by atoms with E-state index in [-0.39, 0.29) is 5.91 Å². The Morgan fingerprint density at radius 1 is 0.893 bits per heavy atom. The zero-order valence-corrected chi connectivity index (χ0v) is 16.6. The van der Waals surface area contributed by atoms with Gasteiger partial charge >= 0.3 is 0 Å². The van der Waals surface area contributed by atoms with Crippen molar-refractivity contribution in [3.8, 4) is 11.3 Å². The minimum Gasteiger partial charge on any atom is -0.320 e. The number of benzene rings is 2. The van der Waals surface area contributed by atoms with Crippen molar-refractivity contribution >= 4 is 17.2 Å². The van der Waals surface area contributed by atoms with E-state index < -0.39 is 0 Å². The van der Waals surface area contributed by atoms with Crippen LogP contribution in [0.3, 0.4) is 0 Å². The highest BCUT2D eigenvalue weighted by atomic mass is 16.2. The van der Waals surface area contributed by atoms with Gasteiger partial charge in [-0.3, -0.25) is 9.20 Å².